The first kappa shape index (κ1) is 32.6. The van der Waals surface area contributed by atoms with Gasteiger partial charge < -0.3 is 4.90 Å². The summed E-state index contributed by atoms with van der Waals surface area (Å²) >= 11 is 1.88. The second kappa shape index (κ2) is 12.8. The van der Waals surface area contributed by atoms with Crippen molar-refractivity contribution in [3.8, 4) is 22.3 Å². The fourth-order valence-corrected chi connectivity index (χ4v) is 10.5. The molecular formula is C52H39NS. The van der Waals surface area contributed by atoms with Gasteiger partial charge in [-0.2, -0.15) is 0 Å². The number of fused-ring (bicyclic) bond motifs is 5. The van der Waals surface area contributed by atoms with E-state index < -0.39 is 5.41 Å². The average molecular weight is 710 g/mol. The third kappa shape index (κ3) is 4.94. The largest absolute Gasteiger partial charge is 0.310 e. The van der Waals surface area contributed by atoms with Crippen LogP contribution in [-0.4, -0.2) is 0 Å². The molecule has 1 heterocycles. The molecule has 0 atom stereocenters. The molecule has 0 fully saturated rings. The molecule has 1 aliphatic carbocycles. The van der Waals surface area contributed by atoms with Crippen LogP contribution in [0, 0.1) is 0 Å². The Hall–Kier alpha value is -6.09. The van der Waals surface area contributed by atoms with Gasteiger partial charge in [-0.3, -0.25) is 0 Å². The number of nitrogens with zero attached hydrogens (tertiary/aromatic N) is 1. The van der Waals surface area contributed by atoms with Crippen molar-refractivity contribution in [3.05, 3.63) is 234 Å². The van der Waals surface area contributed by atoms with Gasteiger partial charge in [-0.25, -0.2) is 0 Å². The first-order valence-electron chi connectivity index (χ1n) is 18.8. The fraction of sp³-hybridized carbons (Fsp3) is 0.0769. The molecule has 258 valence electrons. The van der Waals surface area contributed by atoms with Crippen LogP contribution in [0.25, 0.3) is 22.3 Å². The molecule has 10 rings (SSSR count). The van der Waals surface area contributed by atoms with Crippen molar-refractivity contribution in [2.45, 2.75) is 34.5 Å². The quantitative estimate of drug-likeness (QED) is 0.169. The molecule has 1 aliphatic heterocycles. The van der Waals surface area contributed by atoms with Crippen LogP contribution in [0.2, 0.25) is 0 Å². The number of hydrogen-bond donors (Lipinski definition) is 0. The van der Waals surface area contributed by atoms with Gasteiger partial charge in [0.1, 0.15) is 0 Å². The van der Waals surface area contributed by atoms with Gasteiger partial charge in [-0.05, 0) is 98.6 Å². The summed E-state index contributed by atoms with van der Waals surface area (Å²) in [5.41, 5.74) is 15.8. The normalized spacial score (nSPS) is 14.3. The lowest BCUT2D eigenvalue weighted by Crippen LogP contribution is -2.28. The number of para-hydroxylation sites is 2. The zero-order valence-corrected chi connectivity index (χ0v) is 31.2. The monoisotopic (exact) mass is 709 g/mol. The predicted octanol–water partition coefficient (Wildman–Crippen LogP) is 14.0. The van der Waals surface area contributed by atoms with Crippen LogP contribution in [0.4, 0.5) is 17.1 Å². The van der Waals surface area contributed by atoms with Gasteiger partial charge in [-0.1, -0.05) is 177 Å². The summed E-state index contributed by atoms with van der Waals surface area (Å²) in [4.78, 5) is 5.10. The molecule has 1 nitrogen and oxygen atoms in total. The molecule has 2 aliphatic rings. The molecule has 54 heavy (non-hydrogen) atoms. The Kier molecular flexibility index (Phi) is 7.71. The number of anilines is 3. The van der Waals surface area contributed by atoms with Crippen LogP contribution in [0.3, 0.4) is 0 Å². The van der Waals surface area contributed by atoms with Crippen molar-refractivity contribution >= 4 is 28.8 Å². The zero-order valence-electron chi connectivity index (χ0n) is 30.4. The SMILES string of the molecule is CC1(C)c2ccccc2Sc2ccc(-c3ccccc3N(c3ccccc3)c3ccc(C4(c5ccccc5)c5ccccc5-c5ccccc54)cc3)cc21. The van der Waals surface area contributed by atoms with E-state index >= 15 is 0 Å². The Morgan fingerprint density at radius 3 is 1.57 bits per heavy atom. The third-order valence-corrected chi connectivity index (χ3v) is 12.8. The van der Waals surface area contributed by atoms with Crippen LogP contribution in [-0.2, 0) is 10.8 Å². The summed E-state index contributed by atoms with van der Waals surface area (Å²) in [7, 11) is 0. The zero-order chi connectivity index (χ0) is 36.3. The van der Waals surface area contributed by atoms with Gasteiger partial charge in [0.2, 0.25) is 0 Å². The lowest BCUT2D eigenvalue weighted by atomic mass is 9.68. The van der Waals surface area contributed by atoms with E-state index in [-0.39, 0.29) is 5.41 Å². The Morgan fingerprint density at radius 2 is 0.889 bits per heavy atom. The maximum absolute atomic E-state index is 2.43. The smallest absolute Gasteiger partial charge is 0.0713 e. The van der Waals surface area contributed by atoms with E-state index in [2.05, 4.69) is 219 Å². The molecule has 8 aromatic rings. The van der Waals surface area contributed by atoms with Crippen LogP contribution in [0.5, 0.6) is 0 Å². The van der Waals surface area contributed by atoms with Crippen molar-refractivity contribution in [1.29, 1.82) is 0 Å². The third-order valence-electron chi connectivity index (χ3n) is 11.6. The number of rotatable bonds is 6. The van der Waals surface area contributed by atoms with Crippen LogP contribution < -0.4 is 4.90 Å². The van der Waals surface area contributed by atoms with E-state index in [0.717, 1.165) is 17.1 Å². The summed E-state index contributed by atoms with van der Waals surface area (Å²) in [6, 6.07) is 73.8. The summed E-state index contributed by atoms with van der Waals surface area (Å²) < 4.78 is 0. The van der Waals surface area contributed by atoms with E-state index in [9.17, 15) is 0 Å². The average Bonchev–Trinajstić information content (AvgIpc) is 3.53. The number of benzene rings is 8. The molecule has 0 unspecified atom stereocenters. The summed E-state index contributed by atoms with van der Waals surface area (Å²) in [6.45, 7) is 4.72. The molecule has 2 heteroatoms. The maximum atomic E-state index is 2.43. The molecule has 0 saturated heterocycles. The van der Waals surface area contributed by atoms with Gasteiger partial charge in [0.15, 0.2) is 0 Å². The molecular weight excluding hydrogens is 671 g/mol. The summed E-state index contributed by atoms with van der Waals surface area (Å²) in [5, 5.41) is 0. The van der Waals surface area contributed by atoms with E-state index in [1.165, 1.54) is 65.4 Å². The molecule has 0 radical (unpaired) electrons. The Balaban J connectivity index is 1.13. The second-order valence-corrected chi connectivity index (χ2v) is 16.0. The van der Waals surface area contributed by atoms with Crippen molar-refractivity contribution in [2.75, 3.05) is 4.90 Å². The Labute approximate surface area is 322 Å². The molecule has 0 aromatic heterocycles. The first-order chi connectivity index (χ1) is 26.5. The fourth-order valence-electron chi connectivity index (χ4n) is 9.10. The molecule has 0 N–H and O–H groups in total. The van der Waals surface area contributed by atoms with Gasteiger partial charge in [0.05, 0.1) is 11.1 Å². The van der Waals surface area contributed by atoms with E-state index in [0.29, 0.717) is 0 Å². The van der Waals surface area contributed by atoms with Crippen LogP contribution in [0.1, 0.15) is 47.2 Å². The van der Waals surface area contributed by atoms with Gasteiger partial charge >= 0.3 is 0 Å². The summed E-state index contributed by atoms with van der Waals surface area (Å²) in [5.74, 6) is 0. The van der Waals surface area contributed by atoms with E-state index in [4.69, 9.17) is 0 Å². The van der Waals surface area contributed by atoms with Crippen LogP contribution >= 0.6 is 11.8 Å². The van der Waals surface area contributed by atoms with E-state index in [1.54, 1.807) is 0 Å². The minimum atomic E-state index is -0.435. The highest BCUT2D eigenvalue weighted by Crippen LogP contribution is 2.56. The highest BCUT2D eigenvalue weighted by molar-refractivity contribution is 7.99. The predicted molar refractivity (Wildman–Crippen MR) is 227 cm³/mol. The first-order valence-corrected chi connectivity index (χ1v) is 19.6. The van der Waals surface area contributed by atoms with Gasteiger partial charge in [-0.15, -0.1) is 0 Å². The maximum Gasteiger partial charge on any atom is 0.0713 e. The van der Waals surface area contributed by atoms with Crippen molar-refractivity contribution in [1.82, 2.24) is 0 Å². The van der Waals surface area contributed by atoms with Crippen LogP contribution in [0.15, 0.2) is 210 Å². The highest BCUT2D eigenvalue weighted by Gasteiger charge is 2.45. The van der Waals surface area contributed by atoms with E-state index in [1.807, 2.05) is 11.8 Å². The molecule has 0 amide bonds. The Morgan fingerprint density at radius 1 is 0.389 bits per heavy atom. The topological polar surface area (TPSA) is 3.24 Å². The minimum Gasteiger partial charge on any atom is -0.310 e. The molecule has 8 aromatic carbocycles. The molecule has 0 spiro atoms. The van der Waals surface area contributed by atoms with Crippen molar-refractivity contribution in [2.24, 2.45) is 0 Å². The minimum absolute atomic E-state index is 0.108. The highest BCUT2D eigenvalue weighted by atomic mass is 32.2. The van der Waals surface area contributed by atoms with Gasteiger partial charge in [0, 0.05) is 32.1 Å². The molecule has 0 saturated carbocycles. The standard InChI is InChI=1S/C52H39NS/c1-51(2)46-26-14-16-28-49(46)54-50-34-29-36(35-47(50)51)41-21-11-15-27-48(41)53(39-19-7-4-8-20-39)40-32-30-38(31-33-40)52(37-17-5-3-6-18-37)44-24-12-9-22-42(44)43-23-10-13-25-45(43)52/h3-35H,1-2H3. The summed E-state index contributed by atoms with van der Waals surface area (Å²) in [6.07, 6.45) is 0. The number of hydrogen-bond acceptors (Lipinski definition) is 2. The second-order valence-electron chi connectivity index (χ2n) is 14.9. The van der Waals surface area contributed by atoms with Gasteiger partial charge in [0.25, 0.3) is 0 Å². The molecule has 0 bridgehead atoms. The Bertz CT molecular complexity index is 2610. The van der Waals surface area contributed by atoms with Crippen molar-refractivity contribution in [3.63, 3.8) is 0 Å². The van der Waals surface area contributed by atoms with Crippen molar-refractivity contribution < 1.29 is 0 Å². The lowest BCUT2D eigenvalue weighted by molar-refractivity contribution is 0.607. The lowest BCUT2D eigenvalue weighted by Gasteiger charge is -2.35.